The number of benzene rings is 1. The molecular weight excluding hydrogens is 264 g/mol. The molecule has 2 amide bonds. The Morgan fingerprint density at radius 1 is 1.47 bits per heavy atom. The summed E-state index contributed by atoms with van der Waals surface area (Å²) < 4.78 is 0. The van der Waals surface area contributed by atoms with Crippen molar-refractivity contribution in [3.05, 3.63) is 28.8 Å². The molecule has 0 radical (unpaired) electrons. The molecule has 0 saturated heterocycles. The van der Waals surface area contributed by atoms with Gasteiger partial charge in [0.2, 0.25) is 5.91 Å². The van der Waals surface area contributed by atoms with Crippen LogP contribution in [-0.4, -0.2) is 18.4 Å². The highest BCUT2D eigenvalue weighted by Gasteiger charge is 2.37. The number of amides is 2. The van der Waals surface area contributed by atoms with Crippen molar-refractivity contribution < 1.29 is 9.59 Å². The van der Waals surface area contributed by atoms with Crippen LogP contribution in [0, 0.1) is 5.92 Å². The smallest absolute Gasteiger partial charge is 0.254 e. The topological polar surface area (TPSA) is 49.4 Å². The Bertz CT molecular complexity index is 528. The van der Waals surface area contributed by atoms with E-state index in [0.717, 1.165) is 11.3 Å². The predicted octanol–water partition coefficient (Wildman–Crippen LogP) is 2.52. The number of carbonyl (C=O) groups is 2. The van der Waals surface area contributed by atoms with Gasteiger partial charge in [0.1, 0.15) is 6.04 Å². The van der Waals surface area contributed by atoms with Gasteiger partial charge in [-0.1, -0.05) is 25.4 Å². The molecule has 1 N–H and O–H groups in total. The molecule has 1 aromatic carbocycles. The van der Waals surface area contributed by atoms with Crippen LogP contribution in [0.4, 0.5) is 5.69 Å². The molecular formula is C14H17ClN2O2. The van der Waals surface area contributed by atoms with Crippen LogP contribution in [0.25, 0.3) is 0 Å². The number of hydrogen-bond donors (Lipinski definition) is 1. The summed E-state index contributed by atoms with van der Waals surface area (Å²) in [6, 6.07) is 4.72. The lowest BCUT2D eigenvalue weighted by molar-refractivity contribution is -0.126. The Labute approximate surface area is 117 Å². The van der Waals surface area contributed by atoms with Crippen molar-refractivity contribution in [2.75, 3.05) is 11.4 Å². The highest BCUT2D eigenvalue weighted by atomic mass is 35.5. The van der Waals surface area contributed by atoms with Crippen LogP contribution in [0.5, 0.6) is 0 Å². The first-order valence-corrected chi connectivity index (χ1v) is 6.66. The van der Waals surface area contributed by atoms with E-state index >= 15 is 0 Å². The minimum absolute atomic E-state index is 0.0961. The average molecular weight is 281 g/mol. The number of nitrogens with zero attached hydrogens (tertiary/aromatic N) is 1. The Morgan fingerprint density at radius 3 is 2.74 bits per heavy atom. The molecule has 0 bridgehead atoms. The first-order valence-electron chi connectivity index (χ1n) is 6.28. The number of fused-ring (bicyclic) bond motifs is 1. The zero-order valence-electron chi connectivity index (χ0n) is 11.2. The number of carbonyl (C=O) groups excluding carboxylic acids is 2. The zero-order valence-corrected chi connectivity index (χ0v) is 12.0. The summed E-state index contributed by atoms with van der Waals surface area (Å²) in [5, 5.41) is 3.25. The van der Waals surface area contributed by atoms with E-state index in [1.165, 1.54) is 6.92 Å². The summed E-state index contributed by atoms with van der Waals surface area (Å²) in [4.78, 5) is 25.4. The van der Waals surface area contributed by atoms with Crippen LogP contribution in [-0.2, 0) is 9.59 Å². The van der Waals surface area contributed by atoms with Gasteiger partial charge in [0.05, 0.1) is 0 Å². The van der Waals surface area contributed by atoms with E-state index in [0.29, 0.717) is 17.5 Å². The van der Waals surface area contributed by atoms with Gasteiger partial charge in [-0.05, 0) is 24.1 Å². The summed E-state index contributed by atoms with van der Waals surface area (Å²) in [6.07, 6.45) is 0. The molecule has 0 spiro atoms. The summed E-state index contributed by atoms with van der Waals surface area (Å²) in [5.41, 5.74) is 1.61. The lowest BCUT2D eigenvalue weighted by Crippen LogP contribution is -2.38. The average Bonchev–Trinajstić information content (AvgIpc) is 2.53. The molecule has 102 valence electrons. The first kappa shape index (κ1) is 13.9. The monoisotopic (exact) mass is 280 g/mol. The second-order valence-electron chi connectivity index (χ2n) is 5.18. The van der Waals surface area contributed by atoms with Gasteiger partial charge in [-0.2, -0.15) is 0 Å². The number of anilines is 1. The number of nitrogens with one attached hydrogen (secondary N) is 1. The molecule has 2 rings (SSSR count). The van der Waals surface area contributed by atoms with Crippen LogP contribution in [0.15, 0.2) is 18.2 Å². The van der Waals surface area contributed by atoms with Gasteiger partial charge in [-0.3, -0.25) is 9.59 Å². The third-order valence-corrected chi connectivity index (χ3v) is 3.23. The van der Waals surface area contributed by atoms with Gasteiger partial charge in [-0.25, -0.2) is 0 Å². The second-order valence-corrected chi connectivity index (χ2v) is 5.62. The van der Waals surface area contributed by atoms with Crippen molar-refractivity contribution in [2.24, 2.45) is 5.92 Å². The van der Waals surface area contributed by atoms with Gasteiger partial charge in [-0.15, -0.1) is 0 Å². The largest absolute Gasteiger partial charge is 0.341 e. The summed E-state index contributed by atoms with van der Waals surface area (Å²) in [6.45, 7) is 6.13. The number of hydrogen-bond acceptors (Lipinski definition) is 2. The minimum Gasteiger partial charge on any atom is -0.341 e. The Balaban J connectivity index is 2.42. The molecule has 0 unspecified atom stereocenters. The molecule has 0 aromatic heterocycles. The Morgan fingerprint density at radius 2 is 2.16 bits per heavy atom. The lowest BCUT2D eigenvalue weighted by Gasteiger charge is -2.20. The third-order valence-electron chi connectivity index (χ3n) is 3.00. The van der Waals surface area contributed by atoms with Gasteiger partial charge in [0, 0.05) is 29.7 Å². The van der Waals surface area contributed by atoms with E-state index in [1.807, 2.05) is 6.07 Å². The SMILES string of the molecule is CC(=O)N[C@H]1C(=O)N(CC(C)C)c2ccc(Cl)cc21. The summed E-state index contributed by atoms with van der Waals surface area (Å²) >= 11 is 5.98. The molecule has 4 nitrogen and oxygen atoms in total. The Kier molecular flexibility index (Phi) is 3.80. The molecule has 0 aliphatic carbocycles. The van der Waals surface area contributed by atoms with Crippen LogP contribution < -0.4 is 10.2 Å². The van der Waals surface area contributed by atoms with Crippen LogP contribution >= 0.6 is 11.6 Å². The molecule has 1 aliphatic heterocycles. The van der Waals surface area contributed by atoms with Crippen molar-refractivity contribution in [1.29, 1.82) is 0 Å². The number of rotatable bonds is 3. The molecule has 0 saturated carbocycles. The molecule has 19 heavy (non-hydrogen) atoms. The first-order chi connectivity index (χ1) is 8.90. The van der Waals surface area contributed by atoms with Crippen molar-refractivity contribution in [3.63, 3.8) is 0 Å². The van der Waals surface area contributed by atoms with Gasteiger partial charge < -0.3 is 10.2 Å². The van der Waals surface area contributed by atoms with Crippen LogP contribution in [0.3, 0.4) is 0 Å². The fourth-order valence-corrected chi connectivity index (χ4v) is 2.49. The molecule has 1 aromatic rings. The highest BCUT2D eigenvalue weighted by molar-refractivity contribution is 6.31. The zero-order chi connectivity index (χ0) is 14.2. The van der Waals surface area contributed by atoms with E-state index in [-0.39, 0.29) is 11.8 Å². The maximum Gasteiger partial charge on any atom is 0.254 e. The van der Waals surface area contributed by atoms with Gasteiger partial charge in [0.25, 0.3) is 5.91 Å². The maximum absolute atomic E-state index is 12.4. The summed E-state index contributed by atoms with van der Waals surface area (Å²) in [5.74, 6) is 0.0281. The number of halogens is 1. The van der Waals surface area contributed by atoms with E-state index in [2.05, 4.69) is 19.2 Å². The predicted molar refractivity (Wildman–Crippen MR) is 75.2 cm³/mol. The fraction of sp³-hybridized carbons (Fsp3) is 0.429. The quantitative estimate of drug-likeness (QED) is 0.925. The Hall–Kier alpha value is -1.55. The second kappa shape index (κ2) is 5.21. The summed E-state index contributed by atoms with van der Waals surface area (Å²) in [7, 11) is 0. The van der Waals surface area contributed by atoms with E-state index in [9.17, 15) is 9.59 Å². The van der Waals surface area contributed by atoms with Crippen LogP contribution in [0.1, 0.15) is 32.4 Å². The van der Waals surface area contributed by atoms with Crippen molar-refractivity contribution in [1.82, 2.24) is 5.32 Å². The van der Waals surface area contributed by atoms with Crippen molar-refractivity contribution in [3.8, 4) is 0 Å². The fourth-order valence-electron chi connectivity index (χ4n) is 2.31. The van der Waals surface area contributed by atoms with E-state index in [4.69, 9.17) is 11.6 Å². The third kappa shape index (κ3) is 2.73. The normalized spacial score (nSPS) is 17.8. The molecule has 1 heterocycles. The lowest BCUT2D eigenvalue weighted by atomic mass is 10.1. The van der Waals surface area contributed by atoms with E-state index in [1.54, 1.807) is 17.0 Å². The molecule has 5 heteroatoms. The van der Waals surface area contributed by atoms with Gasteiger partial charge in [0.15, 0.2) is 0 Å². The molecule has 0 fully saturated rings. The van der Waals surface area contributed by atoms with Crippen molar-refractivity contribution >= 4 is 29.1 Å². The van der Waals surface area contributed by atoms with Crippen molar-refractivity contribution in [2.45, 2.75) is 26.8 Å². The van der Waals surface area contributed by atoms with E-state index < -0.39 is 6.04 Å². The standard InChI is InChI=1S/C14H17ClN2O2/c1-8(2)7-17-12-5-4-10(15)6-11(12)13(14(17)19)16-9(3)18/h4-6,8,13H,7H2,1-3H3,(H,16,18)/t13-/m1/s1. The highest BCUT2D eigenvalue weighted by Crippen LogP contribution is 2.37. The molecule has 1 aliphatic rings. The maximum atomic E-state index is 12.4. The van der Waals surface area contributed by atoms with Gasteiger partial charge >= 0.3 is 0 Å². The van der Waals surface area contributed by atoms with Crippen LogP contribution in [0.2, 0.25) is 5.02 Å². The molecule has 1 atom stereocenters. The minimum atomic E-state index is -0.620.